The Morgan fingerprint density at radius 3 is 2.63 bits per heavy atom. The Bertz CT molecular complexity index is 458. The summed E-state index contributed by atoms with van der Waals surface area (Å²) in [5.74, 6) is 0.0474. The van der Waals surface area contributed by atoms with Crippen LogP contribution in [0.2, 0.25) is 5.02 Å². The highest BCUT2D eigenvalue weighted by molar-refractivity contribution is 6.30. The van der Waals surface area contributed by atoms with Gasteiger partial charge in [0.15, 0.2) is 0 Å². The first-order valence-corrected chi connectivity index (χ1v) is 6.85. The van der Waals surface area contributed by atoms with Crippen molar-refractivity contribution in [3.8, 4) is 0 Å². The third-order valence-electron chi connectivity index (χ3n) is 3.77. The minimum atomic E-state index is -0.554. The molecule has 0 saturated carbocycles. The molecule has 1 aliphatic heterocycles. The van der Waals surface area contributed by atoms with Crippen molar-refractivity contribution in [2.24, 2.45) is 5.73 Å². The summed E-state index contributed by atoms with van der Waals surface area (Å²) < 4.78 is 0. The van der Waals surface area contributed by atoms with Crippen LogP contribution in [0.15, 0.2) is 24.3 Å². The van der Waals surface area contributed by atoms with Crippen LogP contribution in [-0.4, -0.2) is 36.0 Å². The molecule has 1 aromatic carbocycles. The second-order valence-corrected chi connectivity index (χ2v) is 5.75. The van der Waals surface area contributed by atoms with Crippen molar-refractivity contribution in [3.05, 3.63) is 34.9 Å². The second kappa shape index (κ2) is 5.49. The molecule has 0 spiro atoms. The lowest BCUT2D eigenvalue weighted by atomic mass is 9.93. The molecule has 104 valence electrons. The molecule has 1 aromatic rings. The molecular weight excluding hydrogens is 262 g/mol. The van der Waals surface area contributed by atoms with Gasteiger partial charge >= 0.3 is 0 Å². The molecule has 1 unspecified atom stereocenters. The number of hydrogen-bond donors (Lipinski definition) is 2. The number of hydrogen-bond acceptors (Lipinski definition) is 3. The number of carbonyl (C=O) groups excluding carboxylic acids is 1. The molecule has 1 aliphatic rings. The maximum atomic E-state index is 12.0. The first kappa shape index (κ1) is 14.3. The average Bonchev–Trinajstić information content (AvgIpc) is 2.38. The number of piperazine rings is 1. The van der Waals surface area contributed by atoms with Crippen molar-refractivity contribution >= 4 is 17.5 Å². The normalized spacial score (nSPS) is 20.9. The minimum Gasteiger partial charge on any atom is -0.353 e. The van der Waals surface area contributed by atoms with Crippen LogP contribution >= 0.6 is 11.6 Å². The van der Waals surface area contributed by atoms with Gasteiger partial charge in [0.2, 0.25) is 5.91 Å². The van der Waals surface area contributed by atoms with E-state index in [4.69, 9.17) is 17.3 Å². The fraction of sp³-hybridized carbons (Fsp3) is 0.500. The monoisotopic (exact) mass is 281 g/mol. The lowest BCUT2D eigenvalue weighted by Crippen LogP contribution is -2.63. The number of benzene rings is 1. The fourth-order valence-electron chi connectivity index (χ4n) is 2.59. The van der Waals surface area contributed by atoms with Crippen LogP contribution in [0.4, 0.5) is 0 Å². The third-order valence-corrected chi connectivity index (χ3v) is 4.02. The Labute approximate surface area is 118 Å². The van der Waals surface area contributed by atoms with Gasteiger partial charge in [-0.15, -0.1) is 0 Å². The summed E-state index contributed by atoms with van der Waals surface area (Å²) in [6, 6.07) is 7.69. The molecule has 1 saturated heterocycles. The average molecular weight is 282 g/mol. The molecule has 2 rings (SSSR count). The van der Waals surface area contributed by atoms with Gasteiger partial charge in [0.25, 0.3) is 0 Å². The second-order valence-electron chi connectivity index (χ2n) is 5.31. The first-order chi connectivity index (χ1) is 8.96. The van der Waals surface area contributed by atoms with E-state index in [9.17, 15) is 4.79 Å². The van der Waals surface area contributed by atoms with Crippen molar-refractivity contribution in [3.63, 3.8) is 0 Å². The Kier molecular flexibility index (Phi) is 4.13. The van der Waals surface area contributed by atoms with Gasteiger partial charge in [0.1, 0.15) is 0 Å². The molecule has 19 heavy (non-hydrogen) atoms. The molecule has 1 atom stereocenters. The van der Waals surface area contributed by atoms with E-state index in [1.165, 1.54) is 0 Å². The summed E-state index contributed by atoms with van der Waals surface area (Å²) >= 11 is 5.92. The van der Waals surface area contributed by atoms with Crippen LogP contribution in [0, 0.1) is 0 Å². The zero-order valence-electron chi connectivity index (χ0n) is 11.3. The highest BCUT2D eigenvalue weighted by atomic mass is 35.5. The molecule has 0 aromatic heterocycles. The predicted octanol–water partition coefficient (Wildman–Crippen LogP) is 1.55. The van der Waals surface area contributed by atoms with E-state index in [0.29, 0.717) is 18.1 Å². The van der Waals surface area contributed by atoms with Crippen LogP contribution in [0.3, 0.4) is 0 Å². The van der Waals surface area contributed by atoms with Crippen LogP contribution < -0.4 is 11.1 Å². The van der Waals surface area contributed by atoms with E-state index in [1.807, 2.05) is 38.1 Å². The number of halogens is 1. The molecule has 1 amide bonds. The Morgan fingerprint density at radius 1 is 1.42 bits per heavy atom. The van der Waals surface area contributed by atoms with Gasteiger partial charge in [-0.05, 0) is 31.5 Å². The van der Waals surface area contributed by atoms with E-state index in [-0.39, 0.29) is 11.9 Å². The van der Waals surface area contributed by atoms with Crippen molar-refractivity contribution in [1.29, 1.82) is 0 Å². The van der Waals surface area contributed by atoms with Gasteiger partial charge < -0.3 is 11.1 Å². The quantitative estimate of drug-likeness (QED) is 0.884. The SMILES string of the molecule is CC1(C)C(=O)NCCN1C(CN)c1ccc(Cl)cc1. The zero-order chi connectivity index (χ0) is 14.0. The summed E-state index contributed by atoms with van der Waals surface area (Å²) in [6.07, 6.45) is 0. The van der Waals surface area contributed by atoms with Crippen molar-refractivity contribution in [2.75, 3.05) is 19.6 Å². The lowest BCUT2D eigenvalue weighted by molar-refractivity contribution is -0.137. The summed E-state index contributed by atoms with van der Waals surface area (Å²) in [7, 11) is 0. The zero-order valence-corrected chi connectivity index (χ0v) is 12.1. The lowest BCUT2D eigenvalue weighted by Gasteiger charge is -2.45. The molecule has 3 N–H and O–H groups in total. The van der Waals surface area contributed by atoms with Gasteiger partial charge in [-0.2, -0.15) is 0 Å². The Hall–Kier alpha value is -1.10. The summed E-state index contributed by atoms with van der Waals surface area (Å²) in [5.41, 5.74) is 6.47. The van der Waals surface area contributed by atoms with Crippen molar-refractivity contribution in [1.82, 2.24) is 10.2 Å². The van der Waals surface area contributed by atoms with Gasteiger partial charge in [-0.1, -0.05) is 23.7 Å². The number of nitrogens with zero attached hydrogens (tertiary/aromatic N) is 1. The molecular formula is C14H20ClN3O. The van der Waals surface area contributed by atoms with E-state index in [1.54, 1.807) is 0 Å². The molecule has 4 nitrogen and oxygen atoms in total. The van der Waals surface area contributed by atoms with Gasteiger partial charge in [0.05, 0.1) is 5.54 Å². The number of nitrogens with two attached hydrogens (primary N) is 1. The number of amides is 1. The Balaban J connectivity index is 2.30. The summed E-state index contributed by atoms with van der Waals surface area (Å²) in [5, 5.41) is 3.60. The molecule has 5 heteroatoms. The Morgan fingerprint density at radius 2 is 2.05 bits per heavy atom. The van der Waals surface area contributed by atoms with Gasteiger partial charge in [0, 0.05) is 30.7 Å². The maximum Gasteiger partial charge on any atom is 0.240 e. The molecule has 0 radical (unpaired) electrons. The molecule has 1 heterocycles. The van der Waals surface area contributed by atoms with Crippen molar-refractivity contribution < 1.29 is 4.79 Å². The standard InChI is InChI=1S/C14H20ClN3O/c1-14(2)13(19)17-7-8-18(14)12(9-16)10-3-5-11(15)6-4-10/h3-6,12H,7-9,16H2,1-2H3,(H,17,19). The predicted molar refractivity (Wildman–Crippen MR) is 77.0 cm³/mol. The van der Waals surface area contributed by atoms with Crippen LogP contribution in [-0.2, 0) is 4.79 Å². The first-order valence-electron chi connectivity index (χ1n) is 6.47. The summed E-state index contributed by atoms with van der Waals surface area (Å²) in [4.78, 5) is 14.2. The maximum absolute atomic E-state index is 12.0. The van der Waals surface area contributed by atoms with E-state index < -0.39 is 5.54 Å². The van der Waals surface area contributed by atoms with E-state index in [2.05, 4.69) is 10.2 Å². The van der Waals surface area contributed by atoms with Gasteiger partial charge in [-0.25, -0.2) is 0 Å². The largest absolute Gasteiger partial charge is 0.353 e. The molecule has 1 fully saturated rings. The van der Waals surface area contributed by atoms with Crippen LogP contribution in [0.25, 0.3) is 0 Å². The molecule has 0 bridgehead atoms. The van der Waals surface area contributed by atoms with E-state index >= 15 is 0 Å². The van der Waals surface area contributed by atoms with E-state index in [0.717, 1.165) is 12.1 Å². The highest BCUT2D eigenvalue weighted by Gasteiger charge is 2.41. The summed E-state index contributed by atoms with van der Waals surface area (Å²) in [6.45, 7) is 5.79. The fourth-order valence-corrected chi connectivity index (χ4v) is 2.72. The van der Waals surface area contributed by atoms with Crippen LogP contribution in [0.5, 0.6) is 0 Å². The highest BCUT2D eigenvalue weighted by Crippen LogP contribution is 2.29. The van der Waals surface area contributed by atoms with Crippen LogP contribution in [0.1, 0.15) is 25.5 Å². The minimum absolute atomic E-state index is 0.0262. The van der Waals surface area contributed by atoms with Crippen molar-refractivity contribution in [2.45, 2.75) is 25.4 Å². The smallest absolute Gasteiger partial charge is 0.240 e. The third kappa shape index (κ3) is 2.76. The van der Waals surface area contributed by atoms with Gasteiger partial charge in [-0.3, -0.25) is 9.69 Å². The topological polar surface area (TPSA) is 58.4 Å². The number of carbonyl (C=O) groups is 1. The number of nitrogens with one attached hydrogen (secondary N) is 1. The number of rotatable bonds is 3. The molecule has 0 aliphatic carbocycles.